The van der Waals surface area contributed by atoms with E-state index in [4.69, 9.17) is 0 Å². The summed E-state index contributed by atoms with van der Waals surface area (Å²) in [7, 11) is 0. The first-order valence-electron chi connectivity index (χ1n) is 16.7. The second-order valence-electron chi connectivity index (χ2n) is 13.9. The van der Waals surface area contributed by atoms with Crippen molar-refractivity contribution >= 4 is 23.3 Å². The molecule has 3 heterocycles. The highest BCUT2D eigenvalue weighted by atomic mass is 19.1. The zero-order valence-electron chi connectivity index (χ0n) is 26.3. The summed E-state index contributed by atoms with van der Waals surface area (Å²) >= 11 is 0. The van der Waals surface area contributed by atoms with Crippen LogP contribution in [-0.2, 0) is 17.8 Å². The second kappa shape index (κ2) is 13.1. The standard InChI is InChI=1S/C36H47FN4O3/c1-36(2,44)29-16-20-39(21-17-29)24-25-6-7-28-23-33(38-34(42)26-8-12-30(37)13-9-26)41(32(28)22-25)31-14-10-27(11-15-31)35(43)40-18-4-3-5-19-40/h6-9,12-13,22,27,29,31,44H,3-5,10-11,14-21,23-24H2,1-2H3. The van der Waals surface area contributed by atoms with E-state index in [0.29, 0.717) is 23.8 Å². The number of benzene rings is 2. The molecule has 8 heteroatoms. The van der Waals surface area contributed by atoms with Gasteiger partial charge in [-0.05, 0) is 132 Å². The Balaban J connectivity index is 1.20. The SMILES string of the molecule is CC(C)(O)C1CCN(Cc2ccc3c(c2)N(C2CCC(C(=O)N4CCCCC4)CC2)C(=NC(=O)c2ccc(F)cc2)C3)CC1. The average Bonchev–Trinajstić information content (AvgIpc) is 3.38. The van der Waals surface area contributed by atoms with Crippen molar-refractivity contribution < 1.29 is 19.1 Å². The molecule has 0 spiro atoms. The Hall–Kier alpha value is -3.10. The van der Waals surface area contributed by atoms with Gasteiger partial charge in [0.25, 0.3) is 5.91 Å². The topological polar surface area (TPSA) is 76.5 Å². The number of aliphatic imine (C=N–C) groups is 1. The number of rotatable bonds is 6. The summed E-state index contributed by atoms with van der Waals surface area (Å²) in [5, 5.41) is 10.5. The third kappa shape index (κ3) is 6.91. The molecule has 3 aliphatic heterocycles. The van der Waals surface area contributed by atoms with Gasteiger partial charge in [0.05, 0.1) is 5.60 Å². The number of carbonyl (C=O) groups excluding carboxylic acids is 2. The lowest BCUT2D eigenvalue weighted by molar-refractivity contribution is -0.137. The van der Waals surface area contributed by atoms with E-state index >= 15 is 0 Å². The highest BCUT2D eigenvalue weighted by Gasteiger charge is 2.38. The number of carbonyl (C=O) groups is 2. The largest absolute Gasteiger partial charge is 0.390 e. The number of hydrogen-bond acceptors (Lipinski definition) is 4. The number of amides is 2. The molecule has 0 atom stereocenters. The van der Waals surface area contributed by atoms with Gasteiger partial charge in [-0.15, -0.1) is 0 Å². The molecule has 1 aliphatic carbocycles. The first-order chi connectivity index (χ1) is 21.2. The van der Waals surface area contributed by atoms with E-state index in [1.165, 1.54) is 36.2 Å². The fourth-order valence-electron chi connectivity index (χ4n) is 7.76. The molecule has 0 aromatic heterocycles. The lowest BCUT2D eigenvalue weighted by atomic mass is 9.83. The number of nitrogens with zero attached hydrogens (tertiary/aromatic N) is 4. The summed E-state index contributed by atoms with van der Waals surface area (Å²) in [6.07, 6.45) is 9.42. The highest BCUT2D eigenvalue weighted by molar-refractivity contribution is 6.12. The van der Waals surface area contributed by atoms with Crippen LogP contribution >= 0.6 is 0 Å². The minimum atomic E-state index is -0.640. The lowest BCUT2D eigenvalue weighted by Gasteiger charge is -2.38. The Bertz CT molecular complexity index is 1360. The Morgan fingerprint density at radius 1 is 0.909 bits per heavy atom. The van der Waals surface area contributed by atoms with Gasteiger partial charge in [-0.1, -0.05) is 12.1 Å². The second-order valence-corrected chi connectivity index (χ2v) is 13.9. The molecule has 236 valence electrons. The van der Waals surface area contributed by atoms with Crippen LogP contribution in [0.4, 0.5) is 10.1 Å². The summed E-state index contributed by atoms with van der Waals surface area (Å²) in [6.45, 7) is 8.38. The number of anilines is 1. The van der Waals surface area contributed by atoms with Crippen molar-refractivity contribution in [1.82, 2.24) is 9.80 Å². The summed E-state index contributed by atoms with van der Waals surface area (Å²) in [4.78, 5) is 37.9. The predicted molar refractivity (Wildman–Crippen MR) is 171 cm³/mol. The Labute approximate surface area is 261 Å². The maximum atomic E-state index is 13.5. The molecular weight excluding hydrogens is 555 g/mol. The van der Waals surface area contributed by atoms with Crippen LogP contribution in [0.2, 0.25) is 0 Å². The number of aliphatic hydroxyl groups is 1. The number of piperidine rings is 2. The number of likely N-dealkylation sites (tertiary alicyclic amines) is 2. The third-order valence-electron chi connectivity index (χ3n) is 10.4. The van der Waals surface area contributed by atoms with Crippen molar-refractivity contribution in [2.75, 3.05) is 31.1 Å². The Morgan fingerprint density at radius 2 is 1.59 bits per heavy atom. The molecular formula is C36H47FN4O3. The molecule has 2 aromatic carbocycles. The molecule has 0 unspecified atom stereocenters. The molecule has 6 rings (SSSR count). The van der Waals surface area contributed by atoms with Gasteiger partial charge in [-0.2, -0.15) is 4.99 Å². The van der Waals surface area contributed by atoms with E-state index < -0.39 is 5.60 Å². The van der Waals surface area contributed by atoms with E-state index in [1.807, 2.05) is 13.8 Å². The van der Waals surface area contributed by atoms with Crippen LogP contribution in [0.1, 0.15) is 93.1 Å². The molecule has 7 nitrogen and oxygen atoms in total. The average molecular weight is 603 g/mol. The summed E-state index contributed by atoms with van der Waals surface area (Å²) in [5.41, 5.74) is 3.24. The monoisotopic (exact) mass is 602 g/mol. The fraction of sp³-hybridized carbons (Fsp3) is 0.583. The lowest BCUT2D eigenvalue weighted by Crippen LogP contribution is -2.45. The van der Waals surface area contributed by atoms with Gasteiger partial charge >= 0.3 is 0 Å². The molecule has 2 aromatic rings. The number of amidine groups is 1. The van der Waals surface area contributed by atoms with Gasteiger partial charge in [0.15, 0.2) is 0 Å². The molecule has 2 saturated heterocycles. The molecule has 1 N–H and O–H groups in total. The van der Waals surface area contributed by atoms with E-state index in [-0.39, 0.29) is 23.7 Å². The van der Waals surface area contributed by atoms with E-state index in [2.05, 4.69) is 37.9 Å². The van der Waals surface area contributed by atoms with Crippen molar-refractivity contribution in [1.29, 1.82) is 0 Å². The molecule has 44 heavy (non-hydrogen) atoms. The first kappa shape index (κ1) is 30.9. The number of fused-ring (bicyclic) bond motifs is 1. The van der Waals surface area contributed by atoms with Crippen LogP contribution in [0.3, 0.4) is 0 Å². The van der Waals surface area contributed by atoms with Gasteiger partial charge in [-0.25, -0.2) is 4.39 Å². The number of hydrogen-bond donors (Lipinski definition) is 1. The van der Waals surface area contributed by atoms with E-state index in [9.17, 15) is 19.1 Å². The van der Waals surface area contributed by atoms with Gasteiger partial charge in [0.2, 0.25) is 5.91 Å². The van der Waals surface area contributed by atoms with E-state index in [1.54, 1.807) is 0 Å². The Kier molecular flexibility index (Phi) is 9.20. The van der Waals surface area contributed by atoms with Crippen molar-refractivity contribution in [2.45, 2.75) is 96.2 Å². The van der Waals surface area contributed by atoms with Crippen molar-refractivity contribution in [2.24, 2.45) is 16.8 Å². The molecule has 0 bridgehead atoms. The molecule has 0 radical (unpaired) electrons. The first-order valence-corrected chi connectivity index (χ1v) is 16.7. The molecule has 2 amide bonds. The van der Waals surface area contributed by atoms with Gasteiger partial charge in [-0.3, -0.25) is 14.5 Å². The summed E-state index contributed by atoms with van der Waals surface area (Å²) < 4.78 is 13.5. The summed E-state index contributed by atoms with van der Waals surface area (Å²) in [6, 6.07) is 12.4. The number of halogens is 1. The molecule has 3 fully saturated rings. The Morgan fingerprint density at radius 3 is 2.25 bits per heavy atom. The van der Waals surface area contributed by atoms with Crippen LogP contribution in [-0.4, -0.2) is 70.4 Å². The molecule has 1 saturated carbocycles. The van der Waals surface area contributed by atoms with Crippen LogP contribution < -0.4 is 4.90 Å². The van der Waals surface area contributed by atoms with Gasteiger partial charge in [0.1, 0.15) is 11.7 Å². The normalized spacial score (nSPS) is 24.5. The smallest absolute Gasteiger partial charge is 0.278 e. The van der Waals surface area contributed by atoms with Crippen LogP contribution in [0.15, 0.2) is 47.5 Å². The third-order valence-corrected chi connectivity index (χ3v) is 10.4. The minimum Gasteiger partial charge on any atom is -0.390 e. The van der Waals surface area contributed by atoms with Crippen LogP contribution in [0.5, 0.6) is 0 Å². The zero-order chi connectivity index (χ0) is 30.8. The maximum Gasteiger partial charge on any atom is 0.278 e. The highest BCUT2D eigenvalue weighted by Crippen LogP contribution is 2.39. The van der Waals surface area contributed by atoms with Crippen molar-refractivity contribution in [3.63, 3.8) is 0 Å². The fourth-order valence-corrected chi connectivity index (χ4v) is 7.76. The molecule has 4 aliphatic rings. The van der Waals surface area contributed by atoms with E-state index in [0.717, 1.165) is 101 Å². The van der Waals surface area contributed by atoms with Gasteiger partial charge < -0.3 is 14.9 Å². The van der Waals surface area contributed by atoms with Crippen molar-refractivity contribution in [3.8, 4) is 0 Å². The summed E-state index contributed by atoms with van der Waals surface area (Å²) in [5.74, 6) is 0.720. The van der Waals surface area contributed by atoms with Gasteiger partial charge in [0, 0.05) is 49.3 Å². The quantitative estimate of drug-likeness (QED) is 0.440. The zero-order valence-corrected chi connectivity index (χ0v) is 26.3. The van der Waals surface area contributed by atoms with Crippen LogP contribution in [0, 0.1) is 17.7 Å². The van der Waals surface area contributed by atoms with Crippen molar-refractivity contribution in [3.05, 3.63) is 65.0 Å². The minimum absolute atomic E-state index is 0.0748. The van der Waals surface area contributed by atoms with Crippen LogP contribution in [0.25, 0.3) is 0 Å². The maximum absolute atomic E-state index is 13.5. The predicted octanol–water partition coefficient (Wildman–Crippen LogP) is 5.98.